The van der Waals surface area contributed by atoms with E-state index in [0.717, 1.165) is 5.69 Å². The van der Waals surface area contributed by atoms with Gasteiger partial charge in [-0.1, -0.05) is 0 Å². The van der Waals surface area contributed by atoms with Crippen molar-refractivity contribution in [3.8, 4) is 5.75 Å². The van der Waals surface area contributed by atoms with Crippen LogP contribution in [0.2, 0.25) is 0 Å². The predicted molar refractivity (Wildman–Crippen MR) is 68.3 cm³/mol. The van der Waals surface area contributed by atoms with Gasteiger partial charge in [-0.3, -0.25) is 0 Å². The van der Waals surface area contributed by atoms with Gasteiger partial charge in [0.05, 0.1) is 7.11 Å². The molecular weight excluding hydrogens is 235 g/mol. The van der Waals surface area contributed by atoms with Crippen LogP contribution < -0.4 is 21.3 Å². The van der Waals surface area contributed by atoms with Crippen molar-refractivity contribution in [2.45, 2.75) is 0 Å². The first-order valence-corrected chi connectivity index (χ1v) is 5.26. The molecule has 0 saturated carbocycles. The van der Waals surface area contributed by atoms with Gasteiger partial charge in [-0.25, -0.2) is 15.2 Å². The summed E-state index contributed by atoms with van der Waals surface area (Å²) in [6.07, 6.45) is 1.61. The largest absolute Gasteiger partial charge is 0.494 e. The van der Waals surface area contributed by atoms with E-state index in [-0.39, 0.29) is 5.75 Å². The fourth-order valence-electron chi connectivity index (χ4n) is 1.49. The molecule has 0 amide bonds. The monoisotopic (exact) mass is 248 g/mol. The molecule has 1 aromatic heterocycles. The van der Waals surface area contributed by atoms with E-state index in [0.29, 0.717) is 11.5 Å². The number of nitrogens with zero attached hydrogens (tertiary/aromatic N) is 1. The van der Waals surface area contributed by atoms with Gasteiger partial charge in [0, 0.05) is 29.7 Å². The Morgan fingerprint density at radius 2 is 2.00 bits per heavy atom. The lowest BCUT2D eigenvalue weighted by molar-refractivity contribution is 0.387. The third kappa shape index (κ3) is 2.67. The van der Waals surface area contributed by atoms with Gasteiger partial charge in [0.15, 0.2) is 11.6 Å². The van der Waals surface area contributed by atoms with Crippen molar-refractivity contribution >= 4 is 17.2 Å². The van der Waals surface area contributed by atoms with Crippen LogP contribution in [-0.2, 0) is 0 Å². The van der Waals surface area contributed by atoms with Crippen molar-refractivity contribution in [2.24, 2.45) is 5.84 Å². The van der Waals surface area contributed by atoms with Crippen LogP contribution in [-0.4, -0.2) is 12.1 Å². The number of nitrogens with two attached hydrogens (primary N) is 1. The van der Waals surface area contributed by atoms with Crippen LogP contribution in [0.3, 0.4) is 0 Å². The minimum Gasteiger partial charge on any atom is -0.494 e. The van der Waals surface area contributed by atoms with Crippen LogP contribution in [0, 0.1) is 5.82 Å². The number of hydrogen-bond donors (Lipinski definition) is 3. The first-order valence-electron chi connectivity index (χ1n) is 5.26. The molecule has 2 rings (SSSR count). The first kappa shape index (κ1) is 12.1. The molecule has 0 aliphatic heterocycles. The number of ether oxygens (including phenoxy) is 1. The van der Waals surface area contributed by atoms with E-state index < -0.39 is 5.82 Å². The zero-order chi connectivity index (χ0) is 13.0. The number of benzene rings is 1. The SMILES string of the molecule is COc1cc(Nc2ccnc(NN)c2)ccc1F. The molecule has 2 aromatic rings. The second-order valence-corrected chi connectivity index (χ2v) is 3.55. The molecule has 5 nitrogen and oxygen atoms in total. The summed E-state index contributed by atoms with van der Waals surface area (Å²) in [4.78, 5) is 3.99. The number of pyridine rings is 1. The van der Waals surface area contributed by atoms with Crippen molar-refractivity contribution in [3.05, 3.63) is 42.3 Å². The van der Waals surface area contributed by atoms with Gasteiger partial charge in [-0.15, -0.1) is 0 Å². The number of rotatable bonds is 4. The van der Waals surface area contributed by atoms with Gasteiger partial charge >= 0.3 is 0 Å². The van der Waals surface area contributed by atoms with E-state index in [1.807, 2.05) is 0 Å². The molecule has 0 aliphatic rings. The quantitative estimate of drug-likeness (QED) is 0.571. The molecule has 0 fully saturated rings. The third-order valence-corrected chi connectivity index (χ3v) is 2.35. The molecule has 1 aromatic carbocycles. The van der Waals surface area contributed by atoms with Crippen LogP contribution in [0.4, 0.5) is 21.6 Å². The Kier molecular flexibility index (Phi) is 3.59. The predicted octanol–water partition coefficient (Wildman–Crippen LogP) is 2.26. The molecule has 0 unspecified atom stereocenters. The molecule has 18 heavy (non-hydrogen) atoms. The third-order valence-electron chi connectivity index (χ3n) is 2.35. The summed E-state index contributed by atoms with van der Waals surface area (Å²) >= 11 is 0. The smallest absolute Gasteiger partial charge is 0.165 e. The Balaban J connectivity index is 2.22. The number of nitrogen functional groups attached to an aromatic ring is 1. The van der Waals surface area contributed by atoms with Crippen molar-refractivity contribution < 1.29 is 9.13 Å². The summed E-state index contributed by atoms with van der Waals surface area (Å²) in [6.45, 7) is 0. The maximum absolute atomic E-state index is 13.2. The molecule has 0 saturated heterocycles. The van der Waals surface area contributed by atoms with Crippen LogP contribution in [0.25, 0.3) is 0 Å². The Labute approximate surface area is 104 Å². The van der Waals surface area contributed by atoms with E-state index in [2.05, 4.69) is 15.7 Å². The Morgan fingerprint density at radius 3 is 2.72 bits per heavy atom. The molecule has 0 aliphatic carbocycles. The number of methoxy groups -OCH3 is 1. The summed E-state index contributed by atoms with van der Waals surface area (Å²) in [5, 5.41) is 3.10. The molecule has 94 valence electrons. The fourth-order valence-corrected chi connectivity index (χ4v) is 1.49. The van der Waals surface area contributed by atoms with Gasteiger partial charge in [0.2, 0.25) is 0 Å². The molecular formula is C12H13FN4O. The van der Waals surface area contributed by atoms with Gasteiger partial charge in [0.1, 0.15) is 5.82 Å². The normalized spacial score (nSPS) is 9.94. The Hall–Kier alpha value is -2.34. The minimum absolute atomic E-state index is 0.186. The molecule has 6 heteroatoms. The van der Waals surface area contributed by atoms with Crippen molar-refractivity contribution in [1.29, 1.82) is 0 Å². The molecule has 4 N–H and O–H groups in total. The molecule has 0 radical (unpaired) electrons. The summed E-state index contributed by atoms with van der Waals surface area (Å²) in [5.41, 5.74) is 3.94. The summed E-state index contributed by atoms with van der Waals surface area (Å²) < 4.78 is 18.1. The number of halogens is 1. The second kappa shape index (κ2) is 5.33. The van der Waals surface area contributed by atoms with Gasteiger partial charge < -0.3 is 15.5 Å². The van der Waals surface area contributed by atoms with Gasteiger partial charge in [-0.2, -0.15) is 0 Å². The lowest BCUT2D eigenvalue weighted by Gasteiger charge is -2.09. The highest BCUT2D eigenvalue weighted by atomic mass is 19.1. The number of hydrogen-bond acceptors (Lipinski definition) is 5. The summed E-state index contributed by atoms with van der Waals surface area (Å²) in [7, 11) is 1.42. The maximum atomic E-state index is 13.2. The zero-order valence-corrected chi connectivity index (χ0v) is 9.77. The fraction of sp³-hybridized carbons (Fsp3) is 0.0833. The summed E-state index contributed by atoms with van der Waals surface area (Å²) in [6, 6.07) is 8.04. The van der Waals surface area contributed by atoms with Crippen LogP contribution in [0.1, 0.15) is 0 Å². The number of nitrogens with one attached hydrogen (secondary N) is 2. The van der Waals surface area contributed by atoms with E-state index in [1.54, 1.807) is 30.5 Å². The Morgan fingerprint density at radius 1 is 1.22 bits per heavy atom. The van der Waals surface area contributed by atoms with Crippen LogP contribution in [0.15, 0.2) is 36.5 Å². The molecule has 0 bridgehead atoms. The standard InChI is InChI=1S/C12H13FN4O/c1-18-11-6-8(2-3-10(11)13)16-9-4-5-15-12(7-9)17-14/h2-7H,14H2,1H3,(H2,15,16,17). The van der Waals surface area contributed by atoms with Crippen molar-refractivity contribution in [3.63, 3.8) is 0 Å². The Bertz CT molecular complexity index is 547. The lowest BCUT2D eigenvalue weighted by Crippen LogP contribution is -2.08. The lowest BCUT2D eigenvalue weighted by atomic mass is 10.2. The zero-order valence-electron chi connectivity index (χ0n) is 9.77. The first-order chi connectivity index (χ1) is 8.72. The number of hydrazine groups is 1. The van der Waals surface area contributed by atoms with Crippen LogP contribution in [0.5, 0.6) is 5.75 Å². The topological polar surface area (TPSA) is 72.2 Å². The van der Waals surface area contributed by atoms with Gasteiger partial charge in [-0.05, 0) is 18.2 Å². The van der Waals surface area contributed by atoms with Crippen LogP contribution >= 0.6 is 0 Å². The number of aromatic nitrogens is 1. The van der Waals surface area contributed by atoms with E-state index >= 15 is 0 Å². The average molecular weight is 248 g/mol. The highest BCUT2D eigenvalue weighted by Gasteiger charge is 2.04. The molecule has 0 atom stereocenters. The molecule has 0 spiro atoms. The van der Waals surface area contributed by atoms with Crippen molar-refractivity contribution in [1.82, 2.24) is 4.98 Å². The van der Waals surface area contributed by atoms with E-state index in [4.69, 9.17) is 10.6 Å². The number of anilines is 3. The summed E-state index contributed by atoms with van der Waals surface area (Å²) in [5.74, 6) is 5.59. The van der Waals surface area contributed by atoms with E-state index in [9.17, 15) is 4.39 Å². The van der Waals surface area contributed by atoms with E-state index in [1.165, 1.54) is 13.2 Å². The molecule has 1 heterocycles. The minimum atomic E-state index is -0.401. The van der Waals surface area contributed by atoms with Gasteiger partial charge in [0.25, 0.3) is 0 Å². The average Bonchev–Trinajstić information content (AvgIpc) is 2.41. The second-order valence-electron chi connectivity index (χ2n) is 3.55. The van der Waals surface area contributed by atoms with Crippen molar-refractivity contribution in [2.75, 3.05) is 17.9 Å². The highest BCUT2D eigenvalue weighted by molar-refractivity contribution is 5.63. The maximum Gasteiger partial charge on any atom is 0.165 e. The highest BCUT2D eigenvalue weighted by Crippen LogP contribution is 2.24.